The van der Waals surface area contributed by atoms with Gasteiger partial charge in [0.1, 0.15) is 5.82 Å². The Morgan fingerprint density at radius 1 is 1.36 bits per heavy atom. The number of carboxylic acid groups (broad SMARTS) is 1. The predicted molar refractivity (Wildman–Crippen MR) is 74.8 cm³/mol. The molecule has 114 valence electrons. The topological polar surface area (TPSA) is 75.4 Å². The lowest BCUT2D eigenvalue weighted by Gasteiger charge is -2.21. The minimum Gasteiger partial charge on any atom is -0.481 e. The Balaban J connectivity index is 1.94. The highest BCUT2D eigenvalue weighted by Crippen LogP contribution is 2.37. The number of rotatable bonds is 3. The van der Waals surface area contributed by atoms with E-state index < -0.39 is 17.9 Å². The second-order valence-corrected chi connectivity index (χ2v) is 5.29. The number of carboxylic acids is 1. The van der Waals surface area contributed by atoms with Crippen molar-refractivity contribution in [3.63, 3.8) is 0 Å². The molecule has 1 aromatic heterocycles. The summed E-state index contributed by atoms with van der Waals surface area (Å²) in [6, 6.07) is 5.25. The van der Waals surface area contributed by atoms with E-state index in [0.717, 1.165) is 0 Å². The zero-order valence-electron chi connectivity index (χ0n) is 11.8. The van der Waals surface area contributed by atoms with Crippen molar-refractivity contribution in [1.29, 1.82) is 0 Å². The quantitative estimate of drug-likeness (QED) is 0.935. The molecule has 0 unspecified atom stereocenters. The second kappa shape index (κ2) is 5.25. The predicted octanol–water partition coefficient (Wildman–Crippen LogP) is 1.62. The van der Waals surface area contributed by atoms with Crippen LogP contribution in [0.5, 0.6) is 0 Å². The number of hydrogen-bond acceptors (Lipinski definition) is 3. The van der Waals surface area contributed by atoms with E-state index in [2.05, 4.69) is 5.10 Å². The Kier molecular flexibility index (Phi) is 3.40. The van der Waals surface area contributed by atoms with Gasteiger partial charge >= 0.3 is 5.97 Å². The fourth-order valence-electron chi connectivity index (χ4n) is 2.77. The fourth-order valence-corrected chi connectivity index (χ4v) is 2.77. The first-order valence-corrected chi connectivity index (χ1v) is 6.76. The number of aromatic nitrogens is 2. The molecule has 1 aliphatic heterocycles. The summed E-state index contributed by atoms with van der Waals surface area (Å²) in [5.74, 6) is -2.34. The molecule has 7 heteroatoms. The maximum atomic E-state index is 12.9. The molecule has 6 nitrogen and oxygen atoms in total. The van der Waals surface area contributed by atoms with Gasteiger partial charge in [0.2, 0.25) is 5.91 Å². The smallest absolute Gasteiger partial charge is 0.309 e. The monoisotopic (exact) mass is 303 g/mol. The molecule has 2 atom stereocenters. The number of hydrogen-bond donors (Lipinski definition) is 1. The van der Waals surface area contributed by atoms with E-state index in [9.17, 15) is 19.1 Å². The Morgan fingerprint density at radius 2 is 2.05 bits per heavy atom. The Hall–Kier alpha value is -2.70. The van der Waals surface area contributed by atoms with Crippen LogP contribution in [0.25, 0.3) is 5.69 Å². The SMILES string of the molecule is CN1C(=O)C[C@@H](C(=O)O)[C@@H]1c1cnn(-c2ccc(F)cc2)c1. The average molecular weight is 303 g/mol. The van der Waals surface area contributed by atoms with Crippen LogP contribution in [0.1, 0.15) is 18.0 Å². The molecule has 1 fully saturated rings. The molecular formula is C15H14FN3O3. The van der Waals surface area contributed by atoms with Crippen LogP contribution in [0, 0.1) is 11.7 Å². The van der Waals surface area contributed by atoms with E-state index in [1.54, 1.807) is 31.6 Å². The van der Waals surface area contributed by atoms with Crippen molar-refractivity contribution in [3.05, 3.63) is 48.0 Å². The number of likely N-dealkylation sites (tertiary alicyclic amines) is 1. The molecule has 0 spiro atoms. The van der Waals surface area contributed by atoms with Gasteiger partial charge in [0, 0.05) is 25.2 Å². The molecule has 1 amide bonds. The minimum atomic E-state index is -1.00. The number of nitrogens with zero attached hydrogens (tertiary/aromatic N) is 3. The van der Waals surface area contributed by atoms with Crippen LogP contribution in [0.2, 0.25) is 0 Å². The number of carbonyl (C=O) groups is 2. The van der Waals surface area contributed by atoms with Crippen molar-refractivity contribution in [2.75, 3.05) is 7.05 Å². The van der Waals surface area contributed by atoms with Crippen molar-refractivity contribution in [2.24, 2.45) is 5.92 Å². The van der Waals surface area contributed by atoms with E-state index in [-0.39, 0.29) is 18.1 Å². The van der Waals surface area contributed by atoms with Crippen LogP contribution < -0.4 is 0 Å². The summed E-state index contributed by atoms with van der Waals surface area (Å²) in [7, 11) is 1.59. The van der Waals surface area contributed by atoms with E-state index >= 15 is 0 Å². The van der Waals surface area contributed by atoms with E-state index in [0.29, 0.717) is 11.3 Å². The number of aliphatic carboxylic acids is 1. The van der Waals surface area contributed by atoms with Gasteiger partial charge in [0.25, 0.3) is 0 Å². The number of benzene rings is 1. The normalized spacial score (nSPS) is 21.4. The van der Waals surface area contributed by atoms with Gasteiger partial charge < -0.3 is 10.0 Å². The van der Waals surface area contributed by atoms with Gasteiger partial charge in [-0.15, -0.1) is 0 Å². The highest BCUT2D eigenvalue weighted by Gasteiger charge is 2.43. The van der Waals surface area contributed by atoms with Crippen LogP contribution in [0.4, 0.5) is 4.39 Å². The third-order valence-corrected chi connectivity index (χ3v) is 3.94. The van der Waals surface area contributed by atoms with E-state index in [4.69, 9.17) is 0 Å². The highest BCUT2D eigenvalue weighted by molar-refractivity contribution is 5.87. The molecule has 1 saturated heterocycles. The molecule has 0 bridgehead atoms. The van der Waals surface area contributed by atoms with Gasteiger partial charge in [-0.25, -0.2) is 9.07 Å². The molecule has 1 aliphatic rings. The van der Waals surface area contributed by atoms with Crippen molar-refractivity contribution < 1.29 is 19.1 Å². The van der Waals surface area contributed by atoms with Crippen LogP contribution in [0.3, 0.4) is 0 Å². The third-order valence-electron chi connectivity index (χ3n) is 3.94. The lowest BCUT2D eigenvalue weighted by atomic mass is 9.96. The summed E-state index contributed by atoms with van der Waals surface area (Å²) < 4.78 is 14.5. The van der Waals surface area contributed by atoms with E-state index in [1.165, 1.54) is 21.7 Å². The fraction of sp³-hybridized carbons (Fsp3) is 0.267. The largest absolute Gasteiger partial charge is 0.481 e. The maximum absolute atomic E-state index is 12.9. The Labute approximate surface area is 125 Å². The third kappa shape index (κ3) is 2.34. The molecule has 1 N–H and O–H groups in total. The zero-order chi connectivity index (χ0) is 15.9. The van der Waals surface area contributed by atoms with Gasteiger partial charge in [-0.1, -0.05) is 0 Å². The van der Waals surface area contributed by atoms with Crippen LogP contribution in [-0.2, 0) is 9.59 Å². The number of amides is 1. The molecule has 0 saturated carbocycles. The van der Waals surface area contributed by atoms with E-state index in [1.807, 2.05) is 0 Å². The van der Waals surface area contributed by atoms with Crippen LogP contribution >= 0.6 is 0 Å². The first-order valence-electron chi connectivity index (χ1n) is 6.76. The Morgan fingerprint density at radius 3 is 2.68 bits per heavy atom. The molecule has 3 rings (SSSR count). The van der Waals surface area contributed by atoms with Crippen molar-refractivity contribution >= 4 is 11.9 Å². The average Bonchev–Trinajstić information content (AvgIpc) is 3.06. The number of halogens is 1. The molecule has 2 heterocycles. The molecular weight excluding hydrogens is 289 g/mol. The summed E-state index contributed by atoms with van der Waals surface area (Å²) in [6.45, 7) is 0. The lowest BCUT2D eigenvalue weighted by Crippen LogP contribution is -2.26. The molecule has 2 aromatic rings. The lowest BCUT2D eigenvalue weighted by molar-refractivity contribution is -0.142. The maximum Gasteiger partial charge on any atom is 0.309 e. The highest BCUT2D eigenvalue weighted by atomic mass is 19.1. The minimum absolute atomic E-state index is 0.0156. The first kappa shape index (κ1) is 14.2. The molecule has 1 aromatic carbocycles. The summed E-state index contributed by atoms with van der Waals surface area (Å²) >= 11 is 0. The van der Waals surface area contributed by atoms with Gasteiger partial charge in [0.05, 0.1) is 23.8 Å². The molecule has 0 radical (unpaired) electrons. The van der Waals surface area contributed by atoms with Gasteiger partial charge in [-0.2, -0.15) is 5.10 Å². The van der Waals surface area contributed by atoms with Gasteiger partial charge in [-0.3, -0.25) is 9.59 Å². The summed E-state index contributed by atoms with van der Waals surface area (Å²) in [4.78, 5) is 24.6. The van der Waals surface area contributed by atoms with Crippen molar-refractivity contribution in [3.8, 4) is 5.69 Å². The molecule has 22 heavy (non-hydrogen) atoms. The Bertz CT molecular complexity index is 726. The standard InChI is InChI=1S/C15H14FN3O3/c1-18-13(20)6-12(15(21)22)14(18)9-7-17-19(8-9)11-4-2-10(16)3-5-11/h2-5,7-8,12,14H,6H2,1H3,(H,21,22)/t12-,14+/m1/s1. The second-order valence-electron chi connectivity index (χ2n) is 5.29. The summed E-state index contributed by atoms with van der Waals surface area (Å²) in [5, 5.41) is 13.5. The van der Waals surface area contributed by atoms with Crippen LogP contribution in [-0.4, -0.2) is 38.7 Å². The summed E-state index contributed by atoms with van der Waals surface area (Å²) in [6.07, 6.45) is 3.19. The van der Waals surface area contributed by atoms with Crippen LogP contribution in [0.15, 0.2) is 36.7 Å². The zero-order valence-corrected chi connectivity index (χ0v) is 11.8. The molecule has 0 aliphatic carbocycles. The number of carbonyl (C=O) groups excluding carboxylic acids is 1. The first-order chi connectivity index (χ1) is 10.5. The summed E-state index contributed by atoms with van der Waals surface area (Å²) in [5.41, 5.74) is 1.30. The van der Waals surface area contributed by atoms with Gasteiger partial charge in [-0.05, 0) is 24.3 Å². The van der Waals surface area contributed by atoms with Gasteiger partial charge in [0.15, 0.2) is 0 Å². The van der Waals surface area contributed by atoms with Crippen molar-refractivity contribution in [1.82, 2.24) is 14.7 Å². The van der Waals surface area contributed by atoms with Crippen molar-refractivity contribution in [2.45, 2.75) is 12.5 Å².